The highest BCUT2D eigenvalue weighted by Crippen LogP contribution is 2.43. The monoisotopic (exact) mass is 229 g/mol. The predicted octanol–water partition coefficient (Wildman–Crippen LogP) is 2.02. The average molecular weight is 230 g/mol. The van der Waals surface area contributed by atoms with Crippen LogP contribution in [0.1, 0.15) is 18.1 Å². The number of nitrogens with two attached hydrogens (primary N) is 1. The molecule has 2 N–H and O–H groups in total. The van der Waals surface area contributed by atoms with Crippen LogP contribution in [0.3, 0.4) is 0 Å². The van der Waals surface area contributed by atoms with Crippen LogP contribution in [0.4, 0.5) is 0 Å². The van der Waals surface area contributed by atoms with Crippen molar-refractivity contribution in [3.8, 4) is 11.5 Å². The lowest BCUT2D eigenvalue weighted by atomic mass is 10.0. The van der Waals surface area contributed by atoms with Gasteiger partial charge in [0, 0.05) is 0 Å². The van der Waals surface area contributed by atoms with Crippen LogP contribution >= 0.6 is 11.6 Å². The van der Waals surface area contributed by atoms with Gasteiger partial charge in [0.2, 0.25) is 6.79 Å². The molecule has 2 rings (SSSR count). The van der Waals surface area contributed by atoms with Crippen molar-refractivity contribution in [1.82, 2.24) is 0 Å². The molecule has 0 unspecified atom stereocenters. The molecule has 0 saturated carbocycles. The summed E-state index contributed by atoms with van der Waals surface area (Å²) >= 11 is 6.19. The maximum atomic E-state index is 6.19. The van der Waals surface area contributed by atoms with E-state index >= 15 is 0 Å². The third kappa shape index (κ3) is 1.76. The Balaban J connectivity index is 2.51. The molecule has 0 radical (unpaired) electrons. The molecule has 4 nitrogen and oxygen atoms in total. The van der Waals surface area contributed by atoms with Gasteiger partial charge in [-0.1, -0.05) is 18.5 Å². The van der Waals surface area contributed by atoms with E-state index in [-0.39, 0.29) is 6.79 Å². The van der Waals surface area contributed by atoms with Gasteiger partial charge in [0.05, 0.1) is 11.6 Å². The van der Waals surface area contributed by atoms with Crippen molar-refractivity contribution in [1.29, 1.82) is 0 Å². The first-order valence-electron chi connectivity index (χ1n) is 4.69. The van der Waals surface area contributed by atoms with Gasteiger partial charge < -0.3 is 9.47 Å². The summed E-state index contributed by atoms with van der Waals surface area (Å²) in [6.45, 7) is 2.55. The first kappa shape index (κ1) is 10.5. The third-order valence-electron chi connectivity index (χ3n) is 2.39. The molecule has 1 aromatic carbocycles. The first-order chi connectivity index (χ1) is 7.27. The largest absolute Gasteiger partial charge is 0.454 e. The van der Waals surface area contributed by atoms with Crippen molar-refractivity contribution >= 4 is 11.6 Å². The molecule has 1 aromatic rings. The second kappa shape index (κ2) is 4.26. The quantitative estimate of drug-likeness (QED) is 0.806. The molecule has 0 saturated heterocycles. The molecular weight excluding hydrogens is 218 g/mol. The second-order valence-corrected chi connectivity index (χ2v) is 3.60. The molecule has 15 heavy (non-hydrogen) atoms. The van der Waals surface area contributed by atoms with Crippen molar-refractivity contribution in [3.05, 3.63) is 22.2 Å². The summed E-state index contributed by atoms with van der Waals surface area (Å²) in [6, 6.07) is 1.86. The average Bonchev–Trinajstić information content (AvgIpc) is 2.67. The lowest BCUT2D eigenvalue weighted by molar-refractivity contribution is 0.123. The second-order valence-electron chi connectivity index (χ2n) is 3.23. The number of rotatable bonds is 3. The zero-order valence-electron chi connectivity index (χ0n) is 8.38. The molecule has 1 heterocycles. The van der Waals surface area contributed by atoms with E-state index in [2.05, 4.69) is 4.84 Å². The number of halogens is 1. The van der Waals surface area contributed by atoms with Crippen molar-refractivity contribution in [2.75, 3.05) is 6.79 Å². The van der Waals surface area contributed by atoms with Crippen molar-refractivity contribution in [2.24, 2.45) is 5.90 Å². The van der Waals surface area contributed by atoms with Gasteiger partial charge in [0.1, 0.15) is 0 Å². The molecule has 1 aliphatic heterocycles. The highest BCUT2D eigenvalue weighted by molar-refractivity contribution is 6.33. The first-order valence-corrected chi connectivity index (χ1v) is 5.07. The summed E-state index contributed by atoms with van der Waals surface area (Å²) in [5.74, 6) is 6.34. The SMILES string of the molecule is CCc1c(CON)cc2c(c1Cl)OCO2. The van der Waals surface area contributed by atoms with Crippen LogP contribution in [0.25, 0.3) is 0 Å². The standard InChI is InChI=1S/C10H12ClNO3/c1-2-7-6(4-15-12)3-8-10(9(7)11)14-5-13-8/h3H,2,4-5,12H2,1H3. The minimum absolute atomic E-state index is 0.213. The van der Waals surface area contributed by atoms with Crippen LogP contribution in [-0.2, 0) is 17.9 Å². The maximum absolute atomic E-state index is 6.19. The summed E-state index contributed by atoms with van der Waals surface area (Å²) in [7, 11) is 0. The number of hydrogen-bond acceptors (Lipinski definition) is 4. The van der Waals surface area contributed by atoms with E-state index in [9.17, 15) is 0 Å². The summed E-state index contributed by atoms with van der Waals surface area (Å²) in [6.07, 6.45) is 0.800. The lowest BCUT2D eigenvalue weighted by Crippen LogP contribution is -2.02. The maximum Gasteiger partial charge on any atom is 0.231 e. The van der Waals surface area contributed by atoms with Crippen molar-refractivity contribution in [3.63, 3.8) is 0 Å². The van der Waals surface area contributed by atoms with Crippen LogP contribution in [0.5, 0.6) is 11.5 Å². The van der Waals surface area contributed by atoms with E-state index in [1.54, 1.807) is 0 Å². The zero-order chi connectivity index (χ0) is 10.8. The van der Waals surface area contributed by atoms with Gasteiger partial charge in [-0.3, -0.25) is 4.84 Å². The van der Waals surface area contributed by atoms with E-state index in [4.69, 9.17) is 27.0 Å². The number of ether oxygens (including phenoxy) is 2. The molecule has 0 fully saturated rings. The molecule has 0 spiro atoms. The van der Waals surface area contributed by atoms with E-state index in [0.717, 1.165) is 17.5 Å². The fraction of sp³-hybridized carbons (Fsp3) is 0.400. The summed E-state index contributed by atoms with van der Waals surface area (Å²) < 4.78 is 10.5. The lowest BCUT2D eigenvalue weighted by Gasteiger charge is -2.10. The normalized spacial score (nSPS) is 13.3. The van der Waals surface area contributed by atoms with E-state index in [1.165, 1.54) is 0 Å². The van der Waals surface area contributed by atoms with Crippen LogP contribution < -0.4 is 15.4 Å². The highest BCUT2D eigenvalue weighted by atomic mass is 35.5. The minimum atomic E-state index is 0.213. The van der Waals surface area contributed by atoms with Crippen molar-refractivity contribution < 1.29 is 14.3 Å². The third-order valence-corrected chi connectivity index (χ3v) is 2.79. The fourth-order valence-corrected chi connectivity index (χ4v) is 2.09. The van der Waals surface area contributed by atoms with Gasteiger partial charge in [0.15, 0.2) is 11.5 Å². The summed E-state index contributed by atoms with van der Waals surface area (Å²) in [4.78, 5) is 4.63. The Morgan fingerprint density at radius 1 is 1.53 bits per heavy atom. The van der Waals surface area contributed by atoms with Gasteiger partial charge in [-0.05, 0) is 23.6 Å². The van der Waals surface area contributed by atoms with Gasteiger partial charge in [0.25, 0.3) is 0 Å². The summed E-state index contributed by atoms with van der Waals surface area (Å²) in [5.41, 5.74) is 1.93. The van der Waals surface area contributed by atoms with E-state index in [0.29, 0.717) is 23.1 Å². The van der Waals surface area contributed by atoms with Crippen LogP contribution in [0.2, 0.25) is 5.02 Å². The van der Waals surface area contributed by atoms with Crippen LogP contribution in [0, 0.1) is 0 Å². The molecule has 0 aromatic heterocycles. The van der Waals surface area contributed by atoms with Crippen LogP contribution in [-0.4, -0.2) is 6.79 Å². The fourth-order valence-electron chi connectivity index (χ4n) is 1.69. The number of hydrogen-bond donors (Lipinski definition) is 1. The molecule has 1 aliphatic rings. The van der Waals surface area contributed by atoms with Gasteiger partial charge in [-0.15, -0.1) is 0 Å². The molecule has 0 bridgehead atoms. The molecular formula is C10H12ClNO3. The molecule has 0 atom stereocenters. The Morgan fingerprint density at radius 2 is 2.33 bits per heavy atom. The van der Waals surface area contributed by atoms with Crippen molar-refractivity contribution in [2.45, 2.75) is 20.0 Å². The summed E-state index contributed by atoms with van der Waals surface area (Å²) in [5, 5.41) is 0.597. The van der Waals surface area contributed by atoms with Gasteiger partial charge in [-0.25, -0.2) is 5.90 Å². The Labute approximate surface area is 92.8 Å². The van der Waals surface area contributed by atoms with Gasteiger partial charge in [-0.2, -0.15) is 0 Å². The Hall–Kier alpha value is -0.970. The highest BCUT2D eigenvalue weighted by Gasteiger charge is 2.22. The molecule has 0 aliphatic carbocycles. The Morgan fingerprint density at radius 3 is 3.00 bits per heavy atom. The van der Waals surface area contributed by atoms with Crippen LogP contribution in [0.15, 0.2) is 6.07 Å². The topological polar surface area (TPSA) is 53.7 Å². The van der Waals surface area contributed by atoms with Gasteiger partial charge >= 0.3 is 0 Å². The number of benzene rings is 1. The minimum Gasteiger partial charge on any atom is -0.454 e. The Bertz CT molecular complexity index is 381. The smallest absolute Gasteiger partial charge is 0.231 e. The molecule has 0 amide bonds. The molecule has 82 valence electrons. The Kier molecular flexibility index (Phi) is 3.00. The zero-order valence-corrected chi connectivity index (χ0v) is 9.13. The predicted molar refractivity (Wildman–Crippen MR) is 55.9 cm³/mol. The number of fused-ring (bicyclic) bond motifs is 1. The van der Waals surface area contributed by atoms with E-state index < -0.39 is 0 Å². The van der Waals surface area contributed by atoms with E-state index in [1.807, 2.05) is 13.0 Å². The molecule has 5 heteroatoms.